The Bertz CT molecular complexity index is 394. The molecule has 0 aliphatic heterocycles. The number of hydrogen-bond acceptors (Lipinski definition) is 6. The molecule has 0 unspecified atom stereocenters. The van der Waals surface area contributed by atoms with Gasteiger partial charge in [0, 0.05) is 26.2 Å². The molecule has 7 nitrogen and oxygen atoms in total. The summed E-state index contributed by atoms with van der Waals surface area (Å²) in [6.07, 6.45) is 0. The van der Waals surface area contributed by atoms with Gasteiger partial charge in [-0.15, -0.1) is 0 Å². The molecule has 0 atom stereocenters. The Morgan fingerprint density at radius 1 is 1.47 bits per heavy atom. The van der Waals surface area contributed by atoms with Crippen molar-refractivity contribution in [2.45, 2.75) is 0 Å². The minimum Gasteiger partial charge on any atom is -0.373 e. The van der Waals surface area contributed by atoms with Gasteiger partial charge in [0.25, 0.3) is 0 Å². The molecule has 0 aliphatic rings. The van der Waals surface area contributed by atoms with Gasteiger partial charge in [-0.2, -0.15) is 0 Å². The molecule has 0 aliphatic carbocycles. The van der Waals surface area contributed by atoms with E-state index in [-0.39, 0.29) is 5.69 Å². The molecule has 0 saturated heterocycles. The third kappa shape index (κ3) is 3.87. The average Bonchev–Trinajstić information content (AvgIpc) is 2.28. The molecule has 0 saturated carbocycles. The Morgan fingerprint density at radius 2 is 2.18 bits per heavy atom. The van der Waals surface area contributed by atoms with Gasteiger partial charge in [0.05, 0.1) is 4.92 Å². The predicted octanol–water partition coefficient (Wildman–Crippen LogP) is 1.00. The topological polar surface area (TPSA) is 83.3 Å². The minimum atomic E-state index is -0.440. The maximum absolute atomic E-state index is 10.8. The number of hydrogen-bond donors (Lipinski definition) is 2. The van der Waals surface area contributed by atoms with E-state index in [0.29, 0.717) is 18.2 Å². The molecule has 0 bridgehead atoms. The molecule has 1 aromatic rings. The van der Waals surface area contributed by atoms with Crippen molar-refractivity contribution in [1.82, 2.24) is 9.88 Å². The van der Waals surface area contributed by atoms with Crippen LogP contribution in [0.2, 0.25) is 0 Å². The van der Waals surface area contributed by atoms with E-state index in [1.54, 1.807) is 13.1 Å². The van der Waals surface area contributed by atoms with Crippen LogP contribution in [0.25, 0.3) is 0 Å². The summed E-state index contributed by atoms with van der Waals surface area (Å²) in [5, 5.41) is 16.6. The van der Waals surface area contributed by atoms with Crippen molar-refractivity contribution in [3.8, 4) is 0 Å². The fraction of sp³-hybridized carbons (Fsp3) is 0.500. The highest BCUT2D eigenvalue weighted by Crippen LogP contribution is 2.23. The summed E-state index contributed by atoms with van der Waals surface area (Å²) in [6, 6.07) is 3.02. The molecule has 0 fully saturated rings. The smallest absolute Gasteiger partial charge is 0.311 e. The summed E-state index contributed by atoms with van der Waals surface area (Å²) in [5.74, 6) is 0.895. The van der Waals surface area contributed by atoms with E-state index in [1.165, 1.54) is 6.07 Å². The average molecular weight is 239 g/mol. The highest BCUT2D eigenvalue weighted by molar-refractivity contribution is 5.60. The molecule has 0 radical (unpaired) electrons. The van der Waals surface area contributed by atoms with Gasteiger partial charge in [-0.1, -0.05) is 0 Å². The summed E-state index contributed by atoms with van der Waals surface area (Å²) >= 11 is 0. The Labute approximate surface area is 100.0 Å². The van der Waals surface area contributed by atoms with E-state index in [0.717, 1.165) is 6.54 Å². The lowest BCUT2D eigenvalue weighted by Gasteiger charge is -2.11. The van der Waals surface area contributed by atoms with Crippen LogP contribution in [-0.2, 0) is 0 Å². The van der Waals surface area contributed by atoms with E-state index >= 15 is 0 Å². The number of anilines is 2. The molecule has 7 heteroatoms. The van der Waals surface area contributed by atoms with Crippen molar-refractivity contribution in [3.63, 3.8) is 0 Å². The third-order valence-electron chi connectivity index (χ3n) is 2.18. The van der Waals surface area contributed by atoms with Gasteiger partial charge >= 0.3 is 5.69 Å². The zero-order chi connectivity index (χ0) is 12.8. The van der Waals surface area contributed by atoms with Crippen molar-refractivity contribution < 1.29 is 4.92 Å². The number of nitro groups is 1. The van der Waals surface area contributed by atoms with Gasteiger partial charge in [-0.05, 0) is 20.2 Å². The minimum absolute atomic E-state index is 0.0113. The molecule has 1 aromatic heterocycles. The van der Waals surface area contributed by atoms with Gasteiger partial charge in [-0.25, -0.2) is 4.98 Å². The van der Waals surface area contributed by atoms with Crippen molar-refractivity contribution in [1.29, 1.82) is 0 Å². The Kier molecular flexibility index (Phi) is 4.65. The van der Waals surface area contributed by atoms with Gasteiger partial charge in [0.15, 0.2) is 0 Å². The molecule has 17 heavy (non-hydrogen) atoms. The predicted molar refractivity (Wildman–Crippen MR) is 67.5 cm³/mol. The fourth-order valence-corrected chi connectivity index (χ4v) is 1.27. The van der Waals surface area contributed by atoms with Crippen LogP contribution in [0.3, 0.4) is 0 Å². The van der Waals surface area contributed by atoms with Crippen LogP contribution in [0.5, 0.6) is 0 Å². The first-order valence-corrected chi connectivity index (χ1v) is 5.26. The molecular formula is C10H17N5O2. The lowest BCUT2D eigenvalue weighted by Crippen LogP contribution is -2.21. The molecule has 0 amide bonds. The lowest BCUT2D eigenvalue weighted by atomic mass is 10.3. The Balaban J connectivity index is 2.82. The van der Waals surface area contributed by atoms with E-state index < -0.39 is 4.92 Å². The first-order chi connectivity index (χ1) is 8.04. The Morgan fingerprint density at radius 3 is 2.71 bits per heavy atom. The monoisotopic (exact) mass is 239 g/mol. The second-order valence-corrected chi connectivity index (χ2v) is 3.80. The van der Waals surface area contributed by atoms with Crippen molar-refractivity contribution >= 4 is 17.3 Å². The maximum atomic E-state index is 10.8. The van der Waals surface area contributed by atoms with Gasteiger partial charge in [0.2, 0.25) is 5.82 Å². The second-order valence-electron chi connectivity index (χ2n) is 3.80. The van der Waals surface area contributed by atoms with Crippen molar-refractivity contribution in [2.24, 2.45) is 0 Å². The van der Waals surface area contributed by atoms with E-state index in [2.05, 4.69) is 15.6 Å². The highest BCUT2D eigenvalue weighted by Gasteiger charge is 2.15. The summed E-state index contributed by atoms with van der Waals surface area (Å²) in [5.41, 5.74) is -0.0113. The summed E-state index contributed by atoms with van der Waals surface area (Å²) in [7, 11) is 5.60. The summed E-state index contributed by atoms with van der Waals surface area (Å²) in [6.45, 7) is 1.39. The van der Waals surface area contributed by atoms with Crippen molar-refractivity contribution in [3.05, 3.63) is 22.2 Å². The first kappa shape index (κ1) is 13.2. The van der Waals surface area contributed by atoms with Gasteiger partial charge < -0.3 is 15.5 Å². The lowest BCUT2D eigenvalue weighted by molar-refractivity contribution is -0.384. The second kappa shape index (κ2) is 6.00. The number of nitrogens with zero attached hydrogens (tertiary/aromatic N) is 3. The summed E-state index contributed by atoms with van der Waals surface area (Å²) in [4.78, 5) is 16.5. The first-order valence-electron chi connectivity index (χ1n) is 5.26. The molecule has 2 N–H and O–H groups in total. The highest BCUT2D eigenvalue weighted by atomic mass is 16.6. The van der Waals surface area contributed by atoms with E-state index in [1.807, 2.05) is 19.0 Å². The number of pyridine rings is 1. The summed E-state index contributed by atoms with van der Waals surface area (Å²) < 4.78 is 0. The van der Waals surface area contributed by atoms with Crippen LogP contribution in [0.1, 0.15) is 0 Å². The Hall–Kier alpha value is -1.89. The quantitative estimate of drug-likeness (QED) is 0.569. The molecule has 1 rings (SSSR count). The van der Waals surface area contributed by atoms with Gasteiger partial charge in [-0.3, -0.25) is 10.1 Å². The number of likely N-dealkylation sites (N-methyl/N-ethyl adjacent to an activating group) is 1. The zero-order valence-corrected chi connectivity index (χ0v) is 10.2. The number of rotatable bonds is 6. The van der Waals surface area contributed by atoms with Crippen LogP contribution in [0.4, 0.5) is 17.3 Å². The molecule has 0 spiro atoms. The SMILES string of the molecule is CNc1ccc([N+](=O)[O-])c(NCCN(C)C)n1. The van der Waals surface area contributed by atoms with Crippen LogP contribution in [0.15, 0.2) is 12.1 Å². The largest absolute Gasteiger partial charge is 0.373 e. The standard InChI is InChI=1S/C10H17N5O2/c1-11-9-5-4-8(15(16)17)10(13-9)12-6-7-14(2)3/h4-5H,6-7H2,1-3H3,(H2,11,12,13). The number of aromatic nitrogens is 1. The van der Waals surface area contributed by atoms with E-state index in [9.17, 15) is 10.1 Å². The van der Waals surface area contributed by atoms with Crippen LogP contribution < -0.4 is 10.6 Å². The molecule has 0 aromatic carbocycles. The maximum Gasteiger partial charge on any atom is 0.311 e. The number of nitrogens with one attached hydrogen (secondary N) is 2. The fourth-order valence-electron chi connectivity index (χ4n) is 1.27. The molecule has 94 valence electrons. The van der Waals surface area contributed by atoms with Crippen LogP contribution in [-0.4, -0.2) is 49.0 Å². The molecular weight excluding hydrogens is 222 g/mol. The van der Waals surface area contributed by atoms with Crippen molar-refractivity contribution in [2.75, 3.05) is 44.9 Å². The van der Waals surface area contributed by atoms with Gasteiger partial charge in [0.1, 0.15) is 5.82 Å². The van der Waals surface area contributed by atoms with Crippen LogP contribution >= 0.6 is 0 Å². The normalized spacial score (nSPS) is 10.4. The molecule has 1 heterocycles. The zero-order valence-electron chi connectivity index (χ0n) is 10.2. The third-order valence-corrected chi connectivity index (χ3v) is 2.18. The van der Waals surface area contributed by atoms with Crippen LogP contribution in [0, 0.1) is 10.1 Å². The van der Waals surface area contributed by atoms with E-state index in [4.69, 9.17) is 0 Å².